The third-order valence-corrected chi connectivity index (χ3v) is 7.60. The molecule has 0 atom stereocenters. The second-order valence-electron chi connectivity index (χ2n) is 10.4. The van der Waals surface area contributed by atoms with E-state index >= 15 is 0 Å². The molecule has 0 fully saturated rings. The van der Waals surface area contributed by atoms with Crippen molar-refractivity contribution in [3.05, 3.63) is 157 Å². The van der Waals surface area contributed by atoms with E-state index in [1.165, 1.54) is 5.56 Å². The van der Waals surface area contributed by atoms with E-state index in [0.717, 1.165) is 60.8 Å². The van der Waals surface area contributed by atoms with Crippen LogP contribution in [-0.2, 0) is 20.1 Å². The van der Waals surface area contributed by atoms with Crippen LogP contribution in [-0.4, -0.2) is 9.97 Å². The number of nitrogens with zero attached hydrogens (tertiary/aromatic N) is 3. The molecule has 45 heavy (non-hydrogen) atoms. The summed E-state index contributed by atoms with van der Waals surface area (Å²) in [6, 6.07) is 48.6. The van der Waals surface area contributed by atoms with Gasteiger partial charge in [-0.15, -0.1) is 54.1 Å². The fourth-order valence-electron chi connectivity index (χ4n) is 5.49. The SMILES string of the molecule is Cc1ccc(-c2[c-]cccc2)nc1.N#Cc1ccc2c(oc3c(-c4ccccn4)[c-]ccc32)c1-c1cccc2ccccc12.[Ir]. The third kappa shape index (κ3) is 5.78. The Balaban J connectivity index is 0.000000215. The summed E-state index contributed by atoms with van der Waals surface area (Å²) in [5.41, 5.74) is 8.66. The standard InChI is InChI=1S/C28H15N2O.C12H10N.Ir/c29-17-19-14-15-23-22-11-6-12-24(25-13-3-4-16-30-25)27(22)31-28(23)26(19)21-10-5-8-18-7-1-2-9-20(18)21;1-10-7-8-12(13-9-10)11-5-3-2-4-6-11;/h1-11,13-16H;2-5,7-9H,1H3;/q2*-1;. The smallest absolute Gasteiger partial charge is 0.130 e. The van der Waals surface area contributed by atoms with Gasteiger partial charge in [0.25, 0.3) is 0 Å². The molecular formula is C40H25IrN3O-2. The van der Waals surface area contributed by atoms with Crippen LogP contribution in [0.1, 0.15) is 11.1 Å². The Morgan fingerprint density at radius 1 is 0.667 bits per heavy atom. The van der Waals surface area contributed by atoms with Gasteiger partial charge in [-0.3, -0.25) is 0 Å². The van der Waals surface area contributed by atoms with Crippen molar-refractivity contribution in [2.75, 3.05) is 0 Å². The minimum absolute atomic E-state index is 0. The zero-order valence-corrected chi connectivity index (χ0v) is 26.7. The minimum Gasteiger partial charge on any atom is -0.500 e. The maximum atomic E-state index is 9.91. The number of furan rings is 1. The number of hydrogen-bond donors (Lipinski definition) is 0. The molecule has 0 aliphatic heterocycles. The first-order chi connectivity index (χ1) is 21.7. The van der Waals surface area contributed by atoms with Gasteiger partial charge in [-0.2, -0.15) is 5.26 Å². The zero-order chi connectivity index (χ0) is 29.9. The number of aryl methyl sites for hydroxylation is 1. The molecule has 3 aromatic heterocycles. The first-order valence-electron chi connectivity index (χ1n) is 14.3. The molecule has 4 nitrogen and oxygen atoms in total. The maximum absolute atomic E-state index is 9.91. The summed E-state index contributed by atoms with van der Waals surface area (Å²) in [7, 11) is 0. The predicted molar refractivity (Wildman–Crippen MR) is 177 cm³/mol. The second-order valence-corrected chi connectivity index (χ2v) is 10.4. The van der Waals surface area contributed by atoms with Crippen LogP contribution < -0.4 is 0 Å². The number of benzene rings is 5. The maximum Gasteiger partial charge on any atom is 0.130 e. The molecule has 8 rings (SSSR count). The zero-order valence-electron chi connectivity index (χ0n) is 24.3. The fourth-order valence-corrected chi connectivity index (χ4v) is 5.49. The van der Waals surface area contributed by atoms with Gasteiger partial charge in [0.2, 0.25) is 0 Å². The summed E-state index contributed by atoms with van der Waals surface area (Å²) in [6.07, 6.45) is 3.64. The van der Waals surface area contributed by atoms with Crippen molar-refractivity contribution in [1.82, 2.24) is 9.97 Å². The van der Waals surface area contributed by atoms with Crippen LogP contribution in [0.5, 0.6) is 0 Å². The van der Waals surface area contributed by atoms with Crippen molar-refractivity contribution in [2.24, 2.45) is 0 Å². The molecule has 0 saturated carbocycles. The van der Waals surface area contributed by atoms with E-state index in [9.17, 15) is 5.26 Å². The first-order valence-corrected chi connectivity index (χ1v) is 14.3. The number of rotatable bonds is 3. The van der Waals surface area contributed by atoms with E-state index in [1.807, 2.05) is 104 Å². The van der Waals surface area contributed by atoms with Gasteiger partial charge in [-0.05, 0) is 52.3 Å². The number of fused-ring (bicyclic) bond motifs is 4. The van der Waals surface area contributed by atoms with E-state index in [4.69, 9.17) is 4.42 Å². The van der Waals surface area contributed by atoms with E-state index in [0.29, 0.717) is 11.1 Å². The molecule has 217 valence electrons. The first kappa shape index (κ1) is 29.7. The molecule has 0 bridgehead atoms. The van der Waals surface area contributed by atoms with Crippen molar-refractivity contribution in [1.29, 1.82) is 5.26 Å². The molecule has 0 amide bonds. The number of nitriles is 1. The van der Waals surface area contributed by atoms with Gasteiger partial charge in [-0.1, -0.05) is 83.7 Å². The molecule has 3 heterocycles. The topological polar surface area (TPSA) is 62.7 Å². The van der Waals surface area contributed by atoms with Crippen LogP contribution in [0.25, 0.3) is 66.4 Å². The molecule has 0 unspecified atom stereocenters. The Morgan fingerprint density at radius 3 is 2.27 bits per heavy atom. The molecule has 5 heteroatoms. The van der Waals surface area contributed by atoms with Crippen LogP contribution in [0.15, 0.2) is 138 Å². The Kier molecular flexibility index (Phi) is 8.62. The van der Waals surface area contributed by atoms with Crippen molar-refractivity contribution in [3.8, 4) is 39.7 Å². The average molecular weight is 756 g/mol. The average Bonchev–Trinajstić information content (AvgIpc) is 3.48. The van der Waals surface area contributed by atoms with Gasteiger partial charge in [0.1, 0.15) is 5.58 Å². The molecule has 0 aliphatic rings. The largest absolute Gasteiger partial charge is 0.500 e. The summed E-state index contributed by atoms with van der Waals surface area (Å²) in [5.74, 6) is 0. The molecule has 5 aromatic carbocycles. The number of hydrogen-bond acceptors (Lipinski definition) is 4. The summed E-state index contributed by atoms with van der Waals surface area (Å²) >= 11 is 0. The van der Waals surface area contributed by atoms with E-state index in [2.05, 4.69) is 58.5 Å². The van der Waals surface area contributed by atoms with Crippen molar-refractivity contribution < 1.29 is 24.5 Å². The molecule has 1 radical (unpaired) electrons. The van der Waals surface area contributed by atoms with Crippen LogP contribution in [0.4, 0.5) is 0 Å². The Hall–Kier alpha value is -5.40. The van der Waals surface area contributed by atoms with Gasteiger partial charge >= 0.3 is 0 Å². The van der Waals surface area contributed by atoms with Crippen LogP contribution in [0.3, 0.4) is 0 Å². The van der Waals surface area contributed by atoms with Crippen molar-refractivity contribution in [3.63, 3.8) is 0 Å². The molecule has 0 spiro atoms. The number of pyridine rings is 2. The van der Waals surface area contributed by atoms with E-state index in [-0.39, 0.29) is 20.1 Å². The second kappa shape index (κ2) is 13.1. The molecule has 8 aromatic rings. The summed E-state index contributed by atoms with van der Waals surface area (Å²) in [5, 5.41) is 14.1. The molecule has 0 aliphatic carbocycles. The normalized spacial score (nSPS) is 10.6. The van der Waals surface area contributed by atoms with Crippen LogP contribution >= 0.6 is 0 Å². The molecule has 0 saturated heterocycles. The van der Waals surface area contributed by atoms with Crippen LogP contribution in [0, 0.1) is 30.4 Å². The summed E-state index contributed by atoms with van der Waals surface area (Å²) in [4.78, 5) is 8.80. The minimum atomic E-state index is 0. The molecule has 0 N–H and O–H groups in total. The van der Waals surface area contributed by atoms with Gasteiger partial charge in [0.05, 0.1) is 17.2 Å². The van der Waals surface area contributed by atoms with E-state index < -0.39 is 0 Å². The van der Waals surface area contributed by atoms with E-state index in [1.54, 1.807) is 6.20 Å². The van der Waals surface area contributed by atoms with Crippen molar-refractivity contribution >= 4 is 32.7 Å². The summed E-state index contributed by atoms with van der Waals surface area (Å²) in [6.45, 7) is 2.03. The quantitative estimate of drug-likeness (QED) is 0.169. The summed E-state index contributed by atoms with van der Waals surface area (Å²) < 4.78 is 6.49. The van der Waals surface area contributed by atoms with Gasteiger partial charge in [0, 0.05) is 43.4 Å². The van der Waals surface area contributed by atoms with Gasteiger partial charge in [0.15, 0.2) is 0 Å². The number of aromatic nitrogens is 2. The monoisotopic (exact) mass is 756 g/mol. The predicted octanol–water partition coefficient (Wildman–Crippen LogP) is 9.99. The van der Waals surface area contributed by atoms with Crippen molar-refractivity contribution in [2.45, 2.75) is 6.92 Å². The Morgan fingerprint density at radius 2 is 1.49 bits per heavy atom. The van der Waals surface area contributed by atoms with Gasteiger partial charge in [-0.25, -0.2) is 0 Å². The molecular weight excluding hydrogens is 731 g/mol. The fraction of sp³-hybridized carbons (Fsp3) is 0.0250. The Bertz CT molecular complexity index is 2280. The third-order valence-electron chi connectivity index (χ3n) is 7.60. The van der Waals surface area contributed by atoms with Gasteiger partial charge < -0.3 is 14.4 Å². The van der Waals surface area contributed by atoms with Crippen LogP contribution in [0.2, 0.25) is 0 Å². The Labute approximate surface area is 275 Å².